The number of hydrogen-bond donors (Lipinski definition) is 1. The molecule has 1 aliphatic rings. The van der Waals surface area contributed by atoms with Crippen LogP contribution in [-0.2, 0) is 4.74 Å². The SMILES string of the molecule is C[C@@H]1CC(N)CCO1. The van der Waals surface area contributed by atoms with Gasteiger partial charge in [0.1, 0.15) is 0 Å². The topological polar surface area (TPSA) is 35.2 Å². The second-order valence-corrected chi connectivity index (χ2v) is 2.47. The van der Waals surface area contributed by atoms with E-state index in [1.807, 2.05) is 0 Å². The Morgan fingerprint density at radius 3 is 2.75 bits per heavy atom. The predicted molar refractivity (Wildman–Crippen MR) is 32.6 cm³/mol. The standard InChI is InChI=1S/C6H13NO/c1-5-4-6(7)2-3-8-5/h5-6H,2-4,7H2,1H3/t5-,6?/m1/s1. The zero-order valence-corrected chi connectivity index (χ0v) is 5.26. The third kappa shape index (κ3) is 1.46. The van der Waals surface area contributed by atoms with Gasteiger partial charge in [-0.1, -0.05) is 0 Å². The van der Waals surface area contributed by atoms with E-state index >= 15 is 0 Å². The van der Waals surface area contributed by atoms with Crippen molar-refractivity contribution in [2.45, 2.75) is 31.9 Å². The van der Waals surface area contributed by atoms with E-state index in [-0.39, 0.29) is 0 Å². The zero-order chi connectivity index (χ0) is 5.98. The quantitative estimate of drug-likeness (QED) is 0.499. The van der Waals surface area contributed by atoms with Gasteiger partial charge in [0.05, 0.1) is 6.10 Å². The normalized spacial score (nSPS) is 39.8. The maximum Gasteiger partial charge on any atom is 0.0561 e. The highest BCUT2D eigenvalue weighted by Gasteiger charge is 2.14. The van der Waals surface area contributed by atoms with Gasteiger partial charge in [-0.2, -0.15) is 0 Å². The number of hydrogen-bond acceptors (Lipinski definition) is 2. The van der Waals surface area contributed by atoms with Crippen LogP contribution in [0.1, 0.15) is 19.8 Å². The molecule has 1 rings (SSSR count). The minimum atomic E-state index is 0.388. The van der Waals surface area contributed by atoms with Gasteiger partial charge < -0.3 is 10.5 Å². The Hall–Kier alpha value is -0.0800. The van der Waals surface area contributed by atoms with Crippen LogP contribution in [0, 0.1) is 0 Å². The fourth-order valence-corrected chi connectivity index (χ4v) is 1.03. The van der Waals surface area contributed by atoms with Gasteiger partial charge >= 0.3 is 0 Å². The lowest BCUT2D eigenvalue weighted by Gasteiger charge is -2.23. The molecule has 0 spiro atoms. The molecule has 0 aromatic rings. The van der Waals surface area contributed by atoms with Gasteiger partial charge in [-0.3, -0.25) is 0 Å². The Bertz CT molecular complexity index is 66.9. The van der Waals surface area contributed by atoms with E-state index in [4.69, 9.17) is 10.5 Å². The Morgan fingerprint density at radius 2 is 2.38 bits per heavy atom. The molecular formula is C6H13NO. The van der Waals surface area contributed by atoms with Gasteiger partial charge in [0.2, 0.25) is 0 Å². The Balaban J connectivity index is 2.23. The van der Waals surface area contributed by atoms with Crippen LogP contribution in [0.2, 0.25) is 0 Å². The van der Waals surface area contributed by atoms with E-state index in [0.717, 1.165) is 19.4 Å². The van der Waals surface area contributed by atoms with Crippen molar-refractivity contribution in [1.29, 1.82) is 0 Å². The van der Waals surface area contributed by atoms with Crippen molar-refractivity contribution in [1.82, 2.24) is 0 Å². The highest BCUT2D eigenvalue weighted by atomic mass is 16.5. The molecule has 1 unspecified atom stereocenters. The molecule has 2 atom stereocenters. The van der Waals surface area contributed by atoms with E-state index in [9.17, 15) is 0 Å². The van der Waals surface area contributed by atoms with E-state index in [2.05, 4.69) is 6.92 Å². The molecule has 2 nitrogen and oxygen atoms in total. The molecule has 48 valence electrons. The van der Waals surface area contributed by atoms with Crippen molar-refractivity contribution in [3.05, 3.63) is 0 Å². The van der Waals surface area contributed by atoms with E-state index in [1.165, 1.54) is 0 Å². The predicted octanol–water partition coefficient (Wildman–Crippen LogP) is 0.513. The molecular weight excluding hydrogens is 102 g/mol. The van der Waals surface area contributed by atoms with Crippen LogP contribution < -0.4 is 5.73 Å². The highest BCUT2D eigenvalue weighted by Crippen LogP contribution is 2.10. The summed E-state index contributed by atoms with van der Waals surface area (Å²) in [7, 11) is 0. The first-order valence-corrected chi connectivity index (χ1v) is 3.16. The summed E-state index contributed by atoms with van der Waals surface area (Å²) in [5.74, 6) is 0. The van der Waals surface area contributed by atoms with Crippen LogP contribution in [0.25, 0.3) is 0 Å². The second-order valence-electron chi connectivity index (χ2n) is 2.47. The summed E-state index contributed by atoms with van der Waals surface area (Å²) in [5, 5.41) is 0. The summed E-state index contributed by atoms with van der Waals surface area (Å²) in [6.45, 7) is 2.92. The van der Waals surface area contributed by atoms with Crippen LogP contribution in [0.15, 0.2) is 0 Å². The molecule has 8 heavy (non-hydrogen) atoms. The van der Waals surface area contributed by atoms with Crippen molar-refractivity contribution >= 4 is 0 Å². The number of nitrogens with two attached hydrogens (primary N) is 1. The maximum atomic E-state index is 5.65. The summed E-state index contributed by atoms with van der Waals surface area (Å²) < 4.78 is 5.27. The average molecular weight is 115 g/mol. The first-order chi connectivity index (χ1) is 3.79. The second kappa shape index (κ2) is 2.46. The molecule has 2 N–H and O–H groups in total. The third-order valence-corrected chi connectivity index (χ3v) is 1.53. The summed E-state index contributed by atoms with van der Waals surface area (Å²) >= 11 is 0. The molecule has 2 heteroatoms. The van der Waals surface area contributed by atoms with Gasteiger partial charge in [0.15, 0.2) is 0 Å². The molecule has 1 aliphatic heterocycles. The molecule has 1 heterocycles. The molecule has 0 saturated carbocycles. The molecule has 0 radical (unpaired) electrons. The maximum absolute atomic E-state index is 5.65. The summed E-state index contributed by atoms with van der Waals surface area (Å²) in [5.41, 5.74) is 5.65. The van der Waals surface area contributed by atoms with Gasteiger partial charge in [0, 0.05) is 12.6 Å². The van der Waals surface area contributed by atoms with Crippen molar-refractivity contribution in [3.63, 3.8) is 0 Å². The molecule has 0 aromatic carbocycles. The summed E-state index contributed by atoms with van der Waals surface area (Å²) in [6.07, 6.45) is 2.45. The van der Waals surface area contributed by atoms with Crippen molar-refractivity contribution < 1.29 is 4.74 Å². The Kier molecular flexibility index (Phi) is 1.86. The van der Waals surface area contributed by atoms with Crippen molar-refractivity contribution in [3.8, 4) is 0 Å². The number of ether oxygens (including phenoxy) is 1. The lowest BCUT2D eigenvalue weighted by atomic mass is 10.1. The Morgan fingerprint density at radius 1 is 1.62 bits per heavy atom. The minimum Gasteiger partial charge on any atom is -0.378 e. The van der Waals surface area contributed by atoms with E-state index < -0.39 is 0 Å². The third-order valence-electron chi connectivity index (χ3n) is 1.53. The van der Waals surface area contributed by atoms with E-state index in [1.54, 1.807) is 0 Å². The Labute approximate surface area is 50.0 Å². The van der Waals surface area contributed by atoms with Crippen molar-refractivity contribution in [2.75, 3.05) is 6.61 Å². The zero-order valence-electron chi connectivity index (χ0n) is 5.26. The van der Waals surface area contributed by atoms with E-state index in [0.29, 0.717) is 12.1 Å². The fraction of sp³-hybridized carbons (Fsp3) is 1.00. The first kappa shape index (κ1) is 6.05. The molecule has 0 amide bonds. The lowest BCUT2D eigenvalue weighted by Crippen LogP contribution is -2.32. The van der Waals surface area contributed by atoms with Gasteiger partial charge in [-0.25, -0.2) is 0 Å². The summed E-state index contributed by atoms with van der Waals surface area (Å²) in [6, 6.07) is 0.388. The lowest BCUT2D eigenvalue weighted by molar-refractivity contribution is 0.0200. The van der Waals surface area contributed by atoms with Crippen molar-refractivity contribution in [2.24, 2.45) is 5.73 Å². The molecule has 0 bridgehead atoms. The van der Waals surface area contributed by atoms with Crippen LogP contribution >= 0.6 is 0 Å². The van der Waals surface area contributed by atoms with Crippen LogP contribution in [0.3, 0.4) is 0 Å². The first-order valence-electron chi connectivity index (χ1n) is 3.16. The average Bonchev–Trinajstić information content (AvgIpc) is 1.64. The molecule has 0 aromatic heterocycles. The molecule has 1 fully saturated rings. The molecule has 0 aliphatic carbocycles. The monoisotopic (exact) mass is 115 g/mol. The number of rotatable bonds is 0. The molecule has 1 saturated heterocycles. The van der Waals surface area contributed by atoms with Gasteiger partial charge in [-0.05, 0) is 19.8 Å². The van der Waals surface area contributed by atoms with Crippen LogP contribution in [0.4, 0.5) is 0 Å². The van der Waals surface area contributed by atoms with Crippen LogP contribution in [0.5, 0.6) is 0 Å². The minimum absolute atomic E-state index is 0.388. The van der Waals surface area contributed by atoms with Gasteiger partial charge in [0.25, 0.3) is 0 Å². The highest BCUT2D eigenvalue weighted by molar-refractivity contribution is 4.69. The largest absolute Gasteiger partial charge is 0.378 e. The summed E-state index contributed by atoms with van der Waals surface area (Å²) in [4.78, 5) is 0. The van der Waals surface area contributed by atoms with Gasteiger partial charge in [-0.15, -0.1) is 0 Å². The smallest absolute Gasteiger partial charge is 0.0561 e. The van der Waals surface area contributed by atoms with Crippen LogP contribution in [-0.4, -0.2) is 18.8 Å². The fourth-order valence-electron chi connectivity index (χ4n) is 1.03.